The van der Waals surface area contributed by atoms with Gasteiger partial charge in [0.2, 0.25) is 5.75 Å². The molecule has 3 aromatic carbocycles. The maximum absolute atomic E-state index is 12.9. The highest BCUT2D eigenvalue weighted by atomic mass is 79.9. The predicted octanol–water partition coefficient (Wildman–Crippen LogP) is 8.06. The van der Waals surface area contributed by atoms with Gasteiger partial charge in [-0.2, -0.15) is 13.2 Å². The van der Waals surface area contributed by atoms with Crippen LogP contribution in [0.3, 0.4) is 0 Å². The Morgan fingerprint density at radius 3 is 2.46 bits per heavy atom. The zero-order chi connectivity index (χ0) is 26.9. The Morgan fingerprint density at radius 1 is 1.08 bits per heavy atom. The van der Waals surface area contributed by atoms with Crippen molar-refractivity contribution in [2.75, 3.05) is 0 Å². The molecule has 37 heavy (non-hydrogen) atoms. The number of carbonyl (C=O) groups excluding carboxylic acids is 2. The number of alkyl halides is 3. The summed E-state index contributed by atoms with van der Waals surface area (Å²) in [4.78, 5) is 36.8. The number of nitro benzene ring substituents is 1. The number of benzene rings is 3. The lowest BCUT2D eigenvalue weighted by Gasteiger charge is -2.12. The van der Waals surface area contributed by atoms with E-state index in [4.69, 9.17) is 16.3 Å². The number of nitrogens with zero attached hydrogens (tertiary/aromatic N) is 2. The van der Waals surface area contributed by atoms with Crippen molar-refractivity contribution in [3.05, 3.63) is 102 Å². The fraction of sp³-hybridized carbons (Fsp3) is 0.0833. The van der Waals surface area contributed by atoms with E-state index in [-0.39, 0.29) is 22.9 Å². The molecule has 0 radical (unpaired) electrons. The van der Waals surface area contributed by atoms with Crippen LogP contribution >= 0.6 is 39.3 Å². The molecular weight excluding hydrogens is 601 g/mol. The molecule has 0 unspecified atom stereocenters. The zero-order valence-corrected chi connectivity index (χ0v) is 21.5. The fourth-order valence-electron chi connectivity index (χ4n) is 3.34. The molecule has 1 heterocycles. The second kappa shape index (κ2) is 10.6. The smallest absolute Gasteiger partial charge is 0.416 e. The Bertz CT molecular complexity index is 1460. The van der Waals surface area contributed by atoms with Crippen molar-refractivity contribution in [1.29, 1.82) is 0 Å². The van der Waals surface area contributed by atoms with E-state index < -0.39 is 33.5 Å². The number of nitro groups is 1. The van der Waals surface area contributed by atoms with E-state index in [1.54, 1.807) is 24.3 Å². The van der Waals surface area contributed by atoms with Gasteiger partial charge in [-0.3, -0.25) is 24.6 Å². The highest BCUT2D eigenvalue weighted by molar-refractivity contribution is 9.10. The largest absolute Gasteiger partial charge is 0.449 e. The lowest BCUT2D eigenvalue weighted by molar-refractivity contribution is -0.385. The normalized spacial score (nSPS) is 14.9. The number of amides is 2. The van der Waals surface area contributed by atoms with E-state index >= 15 is 0 Å². The summed E-state index contributed by atoms with van der Waals surface area (Å²) in [6, 6.07) is 13.2. The molecule has 1 saturated heterocycles. The van der Waals surface area contributed by atoms with E-state index in [9.17, 15) is 32.9 Å². The molecule has 2 amide bonds. The molecule has 0 saturated carbocycles. The Morgan fingerprint density at radius 2 is 1.81 bits per heavy atom. The SMILES string of the molecule is O=C1S/C(=C\c2ccc(Oc3ccc(C(F)(F)F)cc3[N+](=O)[O-])c(Br)c2)C(=O)N1Cc1cccc(Cl)c1. The van der Waals surface area contributed by atoms with Crippen molar-refractivity contribution in [2.24, 2.45) is 0 Å². The van der Waals surface area contributed by atoms with Crippen LogP contribution in [0.4, 0.5) is 23.7 Å². The zero-order valence-electron chi connectivity index (χ0n) is 18.3. The maximum atomic E-state index is 12.9. The summed E-state index contributed by atoms with van der Waals surface area (Å²) in [6.45, 7) is 0.0605. The molecule has 0 aromatic heterocycles. The van der Waals surface area contributed by atoms with Crippen LogP contribution < -0.4 is 4.74 Å². The van der Waals surface area contributed by atoms with E-state index in [1.807, 2.05) is 0 Å². The van der Waals surface area contributed by atoms with Crippen molar-refractivity contribution < 1.29 is 32.4 Å². The van der Waals surface area contributed by atoms with Crippen LogP contribution in [0.2, 0.25) is 5.02 Å². The van der Waals surface area contributed by atoms with Gasteiger partial charge in [-0.1, -0.05) is 29.8 Å². The number of hydrogen-bond donors (Lipinski definition) is 0. The van der Waals surface area contributed by atoms with E-state index in [0.29, 0.717) is 32.8 Å². The molecule has 0 aliphatic carbocycles. The highest BCUT2D eigenvalue weighted by Gasteiger charge is 2.35. The van der Waals surface area contributed by atoms with Gasteiger partial charge in [-0.05, 0) is 81.3 Å². The van der Waals surface area contributed by atoms with Gasteiger partial charge < -0.3 is 4.74 Å². The van der Waals surface area contributed by atoms with E-state index in [0.717, 1.165) is 22.7 Å². The molecule has 0 N–H and O–H groups in total. The summed E-state index contributed by atoms with van der Waals surface area (Å²) in [5.74, 6) is -0.769. The number of carbonyl (C=O) groups is 2. The third kappa shape index (κ3) is 6.14. The highest BCUT2D eigenvalue weighted by Crippen LogP contribution is 2.40. The number of thioether (sulfide) groups is 1. The van der Waals surface area contributed by atoms with Crippen LogP contribution in [-0.4, -0.2) is 21.0 Å². The third-order valence-corrected chi connectivity index (χ3v) is 6.82. The van der Waals surface area contributed by atoms with Gasteiger partial charge in [0.15, 0.2) is 0 Å². The summed E-state index contributed by atoms with van der Waals surface area (Å²) in [6.07, 6.45) is -3.25. The second-order valence-corrected chi connectivity index (χ2v) is 9.91. The van der Waals surface area contributed by atoms with Gasteiger partial charge >= 0.3 is 11.9 Å². The fourth-order valence-corrected chi connectivity index (χ4v) is 4.86. The monoisotopic (exact) mass is 612 g/mol. The van der Waals surface area contributed by atoms with Crippen LogP contribution in [0.1, 0.15) is 16.7 Å². The number of imide groups is 1. The molecule has 13 heteroatoms. The Hall–Kier alpha value is -3.35. The van der Waals surface area contributed by atoms with Crippen LogP contribution in [0.15, 0.2) is 70.0 Å². The van der Waals surface area contributed by atoms with Crippen LogP contribution in [-0.2, 0) is 17.5 Å². The number of halogens is 5. The molecule has 1 fully saturated rings. The Kier molecular flexibility index (Phi) is 7.62. The Balaban J connectivity index is 1.54. The predicted molar refractivity (Wildman–Crippen MR) is 135 cm³/mol. The minimum Gasteiger partial charge on any atom is -0.449 e. The van der Waals surface area contributed by atoms with Gasteiger partial charge in [0.25, 0.3) is 11.1 Å². The molecule has 1 aliphatic rings. The molecule has 7 nitrogen and oxygen atoms in total. The van der Waals surface area contributed by atoms with E-state index in [2.05, 4.69) is 15.9 Å². The Labute approximate surface area is 225 Å². The summed E-state index contributed by atoms with van der Waals surface area (Å²) in [5, 5.41) is 11.3. The standard InChI is InChI=1S/C24H13BrClF3N2O5S/c25-17-9-13(10-21-22(32)30(23(33)37-21)12-14-2-1-3-16(26)8-14)4-6-19(17)36-20-7-5-15(24(27,28)29)11-18(20)31(34)35/h1-11H,12H2/b21-10-. The molecule has 1 aliphatic heterocycles. The van der Waals surface area contributed by atoms with Crippen LogP contribution in [0, 0.1) is 10.1 Å². The summed E-state index contributed by atoms with van der Waals surface area (Å²) in [5.41, 5.74) is -0.823. The van der Waals surface area contributed by atoms with Crippen molar-refractivity contribution in [2.45, 2.75) is 12.7 Å². The van der Waals surface area contributed by atoms with Crippen molar-refractivity contribution in [3.63, 3.8) is 0 Å². The lowest BCUT2D eigenvalue weighted by Crippen LogP contribution is -2.27. The molecule has 3 aromatic rings. The second-order valence-electron chi connectivity index (χ2n) is 7.63. The first kappa shape index (κ1) is 26.7. The maximum Gasteiger partial charge on any atom is 0.416 e. The minimum absolute atomic E-state index is 0.0605. The quantitative estimate of drug-likeness (QED) is 0.159. The average Bonchev–Trinajstić information content (AvgIpc) is 3.07. The van der Waals surface area contributed by atoms with Crippen molar-refractivity contribution >= 4 is 62.2 Å². The van der Waals surface area contributed by atoms with Gasteiger partial charge in [0.1, 0.15) is 5.75 Å². The molecule has 4 rings (SSSR count). The first-order valence-electron chi connectivity index (χ1n) is 10.3. The molecule has 0 atom stereocenters. The number of hydrogen-bond acceptors (Lipinski definition) is 6. The lowest BCUT2D eigenvalue weighted by atomic mass is 10.1. The molecule has 0 spiro atoms. The van der Waals surface area contributed by atoms with Crippen molar-refractivity contribution in [3.8, 4) is 11.5 Å². The summed E-state index contributed by atoms with van der Waals surface area (Å²) < 4.78 is 44.6. The topological polar surface area (TPSA) is 89.7 Å². The first-order valence-corrected chi connectivity index (χ1v) is 12.2. The van der Waals surface area contributed by atoms with Crippen molar-refractivity contribution in [1.82, 2.24) is 4.90 Å². The van der Waals surface area contributed by atoms with Crippen LogP contribution in [0.5, 0.6) is 11.5 Å². The van der Waals surface area contributed by atoms with Gasteiger partial charge in [-0.15, -0.1) is 0 Å². The van der Waals surface area contributed by atoms with Gasteiger partial charge in [0, 0.05) is 11.1 Å². The van der Waals surface area contributed by atoms with Gasteiger partial charge in [-0.25, -0.2) is 0 Å². The number of ether oxygens (including phenoxy) is 1. The average molecular weight is 614 g/mol. The third-order valence-electron chi connectivity index (χ3n) is 5.06. The van der Waals surface area contributed by atoms with Crippen LogP contribution in [0.25, 0.3) is 6.08 Å². The summed E-state index contributed by atoms with van der Waals surface area (Å²) >= 11 is 10.0. The number of rotatable bonds is 6. The first-order chi connectivity index (χ1) is 17.4. The van der Waals surface area contributed by atoms with E-state index in [1.165, 1.54) is 24.3 Å². The summed E-state index contributed by atoms with van der Waals surface area (Å²) in [7, 11) is 0. The minimum atomic E-state index is -4.75. The molecular formula is C24H13BrClF3N2O5S. The molecule has 0 bridgehead atoms. The molecule has 190 valence electrons. The van der Waals surface area contributed by atoms with Gasteiger partial charge in [0.05, 0.1) is 26.4 Å².